The fourth-order valence-corrected chi connectivity index (χ4v) is 5.74. The molecule has 13 heteroatoms. The molecule has 1 aliphatic carbocycles. The van der Waals surface area contributed by atoms with Crippen LogP contribution in [-0.4, -0.2) is 63.6 Å². The van der Waals surface area contributed by atoms with Crippen molar-refractivity contribution in [3.8, 4) is 6.19 Å². The lowest BCUT2D eigenvalue weighted by Crippen LogP contribution is -2.69. The number of carbonyl (C=O) groups is 2. The van der Waals surface area contributed by atoms with Crippen molar-refractivity contribution in [2.45, 2.75) is 94.1 Å². The van der Waals surface area contributed by atoms with Crippen molar-refractivity contribution in [1.82, 2.24) is 15.2 Å². The molecule has 3 atom stereocenters. The Balaban J connectivity index is 1.95. The maximum atomic E-state index is 15.8. The van der Waals surface area contributed by atoms with E-state index in [1.165, 1.54) is 24.4 Å². The third kappa shape index (κ3) is 6.30. The molecular weight excluding hydrogens is 573 g/mol. The van der Waals surface area contributed by atoms with Crippen LogP contribution in [0.1, 0.15) is 64.0 Å². The molecule has 1 unspecified atom stereocenters. The van der Waals surface area contributed by atoms with Crippen LogP contribution < -0.4 is 10.2 Å². The molecule has 0 spiro atoms. The molecule has 2 aromatic rings. The predicted molar refractivity (Wildman–Crippen MR) is 147 cm³/mol. The van der Waals surface area contributed by atoms with Crippen LogP contribution in [0.2, 0.25) is 0 Å². The summed E-state index contributed by atoms with van der Waals surface area (Å²) in [6, 6.07) is 5.38. The Morgan fingerprint density at radius 2 is 1.72 bits per heavy atom. The summed E-state index contributed by atoms with van der Waals surface area (Å²) in [5.41, 5.74) is -4.34. The standard InChI is InChI=1S/C30H34F5N5O3/c1-27(2,3)19-6-8-22(9-7-19)40(25(42)24-15-23(41)17-39(24)18-36)29(30(33,34)35,20-5-4-14-37-16-20)26(43)38-21-10-12-28(31,32)13-11-21/h4-9,14,16,21,23-24,41H,10-13,15,17H2,1-3H3,(H,38,43)/t23-,24-,29?/m1/s1. The Kier molecular flexibility index (Phi) is 8.75. The normalized spacial score (nSPS) is 22.4. The average Bonchev–Trinajstić information content (AvgIpc) is 3.32. The van der Waals surface area contributed by atoms with Gasteiger partial charge in [-0.1, -0.05) is 39.0 Å². The van der Waals surface area contributed by atoms with Crippen LogP contribution >= 0.6 is 0 Å². The molecule has 0 bridgehead atoms. The van der Waals surface area contributed by atoms with Crippen LogP contribution in [0.25, 0.3) is 0 Å². The number of carbonyl (C=O) groups excluding carboxylic acids is 2. The van der Waals surface area contributed by atoms with Crippen LogP contribution in [0.3, 0.4) is 0 Å². The van der Waals surface area contributed by atoms with Crippen LogP contribution in [0, 0.1) is 11.5 Å². The molecule has 232 valence electrons. The number of aliphatic hydroxyl groups is 1. The van der Waals surface area contributed by atoms with Gasteiger partial charge in [-0.15, -0.1) is 0 Å². The number of β-amino-alcohol motifs (C(OH)–C–C–N with tert-alkyl or cyclic N) is 1. The summed E-state index contributed by atoms with van der Waals surface area (Å²) in [4.78, 5) is 33.5. The van der Waals surface area contributed by atoms with Crippen molar-refractivity contribution < 1.29 is 36.6 Å². The number of rotatable bonds is 6. The lowest BCUT2D eigenvalue weighted by Gasteiger charge is -2.45. The van der Waals surface area contributed by atoms with E-state index in [2.05, 4.69) is 10.3 Å². The number of nitrogens with zero attached hydrogens (tertiary/aromatic N) is 4. The van der Waals surface area contributed by atoms with Gasteiger partial charge in [-0.3, -0.25) is 24.4 Å². The Hall–Kier alpha value is -3.79. The summed E-state index contributed by atoms with van der Waals surface area (Å²) in [6.07, 6.45) is -4.93. The minimum atomic E-state index is -5.47. The van der Waals surface area contributed by atoms with E-state index < -0.39 is 71.5 Å². The minimum Gasteiger partial charge on any atom is -0.391 e. The van der Waals surface area contributed by atoms with Crippen molar-refractivity contribution >= 4 is 17.5 Å². The van der Waals surface area contributed by atoms with Gasteiger partial charge < -0.3 is 10.4 Å². The average molecular weight is 608 g/mol. The second-order valence-electron chi connectivity index (χ2n) is 12.2. The van der Waals surface area contributed by atoms with E-state index >= 15 is 13.2 Å². The largest absolute Gasteiger partial charge is 0.425 e. The van der Waals surface area contributed by atoms with Gasteiger partial charge in [0.1, 0.15) is 6.04 Å². The maximum absolute atomic E-state index is 15.8. The molecule has 2 fully saturated rings. The number of nitriles is 1. The van der Waals surface area contributed by atoms with Gasteiger partial charge >= 0.3 is 6.18 Å². The Morgan fingerprint density at radius 3 is 2.23 bits per heavy atom. The fraction of sp³-hybridized carbons (Fsp3) is 0.533. The van der Waals surface area contributed by atoms with Gasteiger partial charge in [-0.2, -0.15) is 18.4 Å². The Morgan fingerprint density at radius 1 is 1.09 bits per heavy atom. The highest BCUT2D eigenvalue weighted by Crippen LogP contribution is 2.48. The maximum Gasteiger partial charge on any atom is 0.425 e. The molecule has 2 heterocycles. The van der Waals surface area contributed by atoms with Gasteiger partial charge in [0, 0.05) is 48.9 Å². The molecule has 1 aromatic carbocycles. The number of pyridine rings is 1. The number of hydrogen-bond donors (Lipinski definition) is 2. The lowest BCUT2D eigenvalue weighted by molar-refractivity contribution is -0.198. The molecule has 8 nitrogen and oxygen atoms in total. The summed E-state index contributed by atoms with van der Waals surface area (Å²) in [7, 11) is 0. The molecule has 0 radical (unpaired) electrons. The predicted octanol–water partition coefficient (Wildman–Crippen LogP) is 4.78. The number of hydrogen-bond acceptors (Lipinski definition) is 6. The number of amides is 2. The van der Waals surface area contributed by atoms with Gasteiger partial charge in [-0.05, 0) is 42.0 Å². The molecule has 2 aliphatic rings. The van der Waals surface area contributed by atoms with Gasteiger partial charge in [0.25, 0.3) is 11.8 Å². The minimum absolute atomic E-state index is 0.259. The number of alkyl halides is 5. The lowest BCUT2D eigenvalue weighted by atomic mass is 9.83. The number of benzene rings is 1. The van der Waals surface area contributed by atoms with Gasteiger partial charge in [0.15, 0.2) is 6.19 Å². The van der Waals surface area contributed by atoms with Crippen LogP contribution in [0.4, 0.5) is 27.6 Å². The molecule has 1 aromatic heterocycles. The summed E-state index contributed by atoms with van der Waals surface area (Å²) < 4.78 is 75.0. The molecule has 2 N–H and O–H groups in total. The second-order valence-corrected chi connectivity index (χ2v) is 12.2. The Labute approximate surface area is 246 Å². The topological polar surface area (TPSA) is 110 Å². The third-order valence-electron chi connectivity index (χ3n) is 8.11. The summed E-state index contributed by atoms with van der Waals surface area (Å²) in [5, 5.41) is 22.2. The molecule has 1 saturated carbocycles. The first kappa shape index (κ1) is 32.1. The highest BCUT2D eigenvalue weighted by atomic mass is 19.4. The van der Waals surface area contributed by atoms with E-state index in [-0.39, 0.29) is 31.5 Å². The molecule has 1 saturated heterocycles. The number of nitrogens with one attached hydrogen (secondary N) is 1. The van der Waals surface area contributed by atoms with Gasteiger partial charge in [-0.25, -0.2) is 8.78 Å². The van der Waals surface area contributed by atoms with Crippen LogP contribution in [0.15, 0.2) is 48.8 Å². The van der Waals surface area contributed by atoms with E-state index in [1.54, 1.807) is 18.3 Å². The fourth-order valence-electron chi connectivity index (χ4n) is 5.74. The summed E-state index contributed by atoms with van der Waals surface area (Å²) >= 11 is 0. The molecular formula is C30H34F5N5O3. The van der Waals surface area contributed by atoms with Crippen molar-refractivity contribution in [3.63, 3.8) is 0 Å². The van der Waals surface area contributed by atoms with E-state index in [9.17, 15) is 28.7 Å². The first-order chi connectivity index (χ1) is 20.0. The zero-order valence-corrected chi connectivity index (χ0v) is 24.0. The van der Waals surface area contributed by atoms with E-state index in [0.717, 1.165) is 22.7 Å². The number of likely N-dealkylation sites (tertiary alicyclic amines) is 1. The molecule has 43 heavy (non-hydrogen) atoms. The SMILES string of the molecule is CC(C)(C)c1ccc(N(C(=O)[C@H]2C[C@@H](O)CN2C#N)C(C(=O)NC2CCC(F)(F)CC2)(c2cccnc2)C(F)(F)F)cc1. The monoisotopic (exact) mass is 607 g/mol. The molecule has 4 rings (SSSR count). The number of halogens is 5. The number of aliphatic hydroxyl groups excluding tert-OH is 1. The van der Waals surface area contributed by atoms with Crippen molar-refractivity contribution in [3.05, 3.63) is 59.9 Å². The molecule has 1 aliphatic heterocycles. The van der Waals surface area contributed by atoms with Crippen molar-refractivity contribution in [2.75, 3.05) is 11.4 Å². The second kappa shape index (κ2) is 11.7. The Bertz CT molecular complexity index is 1350. The summed E-state index contributed by atoms with van der Waals surface area (Å²) in [6.45, 7) is 5.41. The number of anilines is 1. The first-order valence-electron chi connectivity index (χ1n) is 14.0. The summed E-state index contributed by atoms with van der Waals surface area (Å²) in [5.74, 6) is -5.88. The van der Waals surface area contributed by atoms with Gasteiger partial charge in [0.05, 0.1) is 12.6 Å². The van der Waals surface area contributed by atoms with Crippen LogP contribution in [0.5, 0.6) is 0 Å². The molecule has 2 amide bonds. The zero-order chi connectivity index (χ0) is 31.8. The smallest absolute Gasteiger partial charge is 0.391 e. The highest BCUT2D eigenvalue weighted by molar-refractivity contribution is 6.07. The third-order valence-corrected chi connectivity index (χ3v) is 8.11. The van der Waals surface area contributed by atoms with E-state index in [0.29, 0.717) is 4.90 Å². The van der Waals surface area contributed by atoms with Crippen molar-refractivity contribution in [2.24, 2.45) is 0 Å². The highest BCUT2D eigenvalue weighted by Gasteiger charge is 2.68. The quantitative estimate of drug-likeness (QED) is 0.362. The first-order valence-corrected chi connectivity index (χ1v) is 14.0. The zero-order valence-electron chi connectivity index (χ0n) is 24.0. The van der Waals surface area contributed by atoms with E-state index in [1.807, 2.05) is 20.8 Å². The van der Waals surface area contributed by atoms with Crippen LogP contribution in [-0.2, 0) is 20.5 Å². The number of aromatic nitrogens is 1. The van der Waals surface area contributed by atoms with Crippen molar-refractivity contribution in [1.29, 1.82) is 5.26 Å². The van der Waals surface area contributed by atoms with Gasteiger partial charge in [0.2, 0.25) is 11.5 Å². The van der Waals surface area contributed by atoms with E-state index in [4.69, 9.17) is 0 Å².